The highest BCUT2D eigenvalue weighted by Crippen LogP contribution is 2.26. The van der Waals surface area contributed by atoms with Crippen LogP contribution in [0.15, 0.2) is 54.6 Å². The van der Waals surface area contributed by atoms with Gasteiger partial charge in [-0.1, -0.05) is 30.3 Å². The lowest BCUT2D eigenvalue weighted by molar-refractivity contribution is -0.129. The number of aromatic amines is 1. The average Bonchev–Trinajstić information content (AvgIpc) is 3.41. The fraction of sp³-hybridized carbons (Fsp3) is 0.304. The minimum Gasteiger partial charge on any atom is -0.497 e. The van der Waals surface area contributed by atoms with Crippen LogP contribution in [0, 0.1) is 6.92 Å². The summed E-state index contributed by atoms with van der Waals surface area (Å²) in [5, 5.41) is 10.2. The van der Waals surface area contributed by atoms with Gasteiger partial charge in [0.25, 0.3) is 5.91 Å². The number of likely N-dealkylation sites (tertiary alicyclic amines) is 1. The van der Waals surface area contributed by atoms with Gasteiger partial charge in [-0.15, -0.1) is 0 Å². The van der Waals surface area contributed by atoms with E-state index in [2.05, 4.69) is 20.5 Å². The monoisotopic (exact) mass is 419 g/mol. The van der Waals surface area contributed by atoms with Crippen LogP contribution in [-0.2, 0) is 11.2 Å². The Hall–Kier alpha value is -3.68. The first kappa shape index (κ1) is 20.6. The number of aryl methyl sites for hydroxylation is 1. The van der Waals surface area contributed by atoms with E-state index < -0.39 is 0 Å². The maximum absolute atomic E-state index is 13.0. The summed E-state index contributed by atoms with van der Waals surface area (Å²) in [6, 6.07) is 16.2. The predicted octanol–water partition coefficient (Wildman–Crippen LogP) is 2.09. The molecule has 2 N–H and O–H groups in total. The van der Waals surface area contributed by atoms with Crippen LogP contribution in [0.3, 0.4) is 0 Å². The largest absolute Gasteiger partial charge is 0.497 e. The summed E-state index contributed by atoms with van der Waals surface area (Å²) in [7, 11) is 1.61. The van der Waals surface area contributed by atoms with Crippen LogP contribution in [0.1, 0.15) is 33.5 Å². The van der Waals surface area contributed by atoms with E-state index in [9.17, 15) is 9.59 Å². The lowest BCUT2D eigenvalue weighted by Crippen LogP contribution is -2.40. The molecule has 31 heavy (non-hydrogen) atoms. The van der Waals surface area contributed by atoms with E-state index >= 15 is 0 Å². The summed E-state index contributed by atoms with van der Waals surface area (Å²) >= 11 is 0. The molecule has 0 spiro atoms. The van der Waals surface area contributed by atoms with Gasteiger partial charge < -0.3 is 15.0 Å². The Kier molecular flexibility index (Phi) is 5.97. The van der Waals surface area contributed by atoms with E-state index in [-0.39, 0.29) is 30.2 Å². The molecule has 1 saturated heterocycles. The highest BCUT2D eigenvalue weighted by Gasteiger charge is 2.39. The molecule has 160 valence electrons. The molecular weight excluding hydrogens is 394 g/mol. The van der Waals surface area contributed by atoms with Crippen molar-refractivity contribution in [3.63, 3.8) is 0 Å². The van der Waals surface area contributed by atoms with Gasteiger partial charge in [0, 0.05) is 18.7 Å². The van der Waals surface area contributed by atoms with Gasteiger partial charge in [0.15, 0.2) is 5.82 Å². The Labute approximate surface area is 180 Å². The lowest BCUT2D eigenvalue weighted by atomic mass is 10.0. The number of nitrogens with one attached hydrogen (secondary N) is 2. The maximum Gasteiger partial charge on any atom is 0.251 e. The number of methoxy groups -OCH3 is 1. The van der Waals surface area contributed by atoms with Gasteiger partial charge >= 0.3 is 0 Å². The molecule has 2 heterocycles. The van der Waals surface area contributed by atoms with Crippen LogP contribution < -0.4 is 10.1 Å². The van der Waals surface area contributed by atoms with Gasteiger partial charge in [0.05, 0.1) is 25.5 Å². The highest BCUT2D eigenvalue weighted by atomic mass is 16.5. The standard InChI is InChI=1S/C23H25N5O3/c1-15-24-22(27-26-15)19-13-28(21(29)12-16-8-10-18(31-2)11-9-16)14-20(19)25-23(30)17-6-4-3-5-7-17/h3-11,19-20H,12-14H2,1-2H3,(H,25,30)(H,24,26,27). The summed E-state index contributed by atoms with van der Waals surface area (Å²) in [5.74, 6) is 1.70. The van der Waals surface area contributed by atoms with E-state index in [0.29, 0.717) is 30.3 Å². The molecule has 2 unspecified atom stereocenters. The van der Waals surface area contributed by atoms with Crippen molar-refractivity contribution in [2.24, 2.45) is 0 Å². The maximum atomic E-state index is 13.0. The molecular formula is C23H25N5O3. The number of rotatable bonds is 6. The fourth-order valence-electron chi connectivity index (χ4n) is 3.81. The molecule has 8 heteroatoms. The molecule has 1 aromatic heterocycles. The fourth-order valence-corrected chi connectivity index (χ4v) is 3.81. The van der Waals surface area contributed by atoms with Crippen molar-refractivity contribution in [3.8, 4) is 5.75 Å². The molecule has 0 bridgehead atoms. The number of amides is 2. The van der Waals surface area contributed by atoms with Crippen molar-refractivity contribution in [2.45, 2.75) is 25.3 Å². The number of H-pyrrole nitrogens is 1. The number of hydrogen-bond acceptors (Lipinski definition) is 5. The molecule has 1 aliphatic heterocycles. The molecule has 2 atom stereocenters. The van der Waals surface area contributed by atoms with E-state index in [4.69, 9.17) is 4.74 Å². The second-order valence-electron chi connectivity index (χ2n) is 7.66. The summed E-state index contributed by atoms with van der Waals surface area (Å²) in [4.78, 5) is 31.9. The molecule has 2 aromatic carbocycles. The summed E-state index contributed by atoms with van der Waals surface area (Å²) in [5.41, 5.74) is 1.49. The molecule has 4 rings (SSSR count). The third kappa shape index (κ3) is 4.74. The van der Waals surface area contributed by atoms with Crippen molar-refractivity contribution >= 4 is 11.8 Å². The van der Waals surface area contributed by atoms with Gasteiger partial charge in [-0.05, 0) is 36.8 Å². The number of benzene rings is 2. The number of carbonyl (C=O) groups excluding carboxylic acids is 2. The molecule has 2 amide bonds. The van der Waals surface area contributed by atoms with Gasteiger partial charge in [0.1, 0.15) is 11.6 Å². The first-order chi connectivity index (χ1) is 15.0. The molecule has 8 nitrogen and oxygen atoms in total. The van der Waals surface area contributed by atoms with Gasteiger partial charge in [-0.2, -0.15) is 5.10 Å². The van der Waals surface area contributed by atoms with Crippen molar-refractivity contribution in [3.05, 3.63) is 77.4 Å². The van der Waals surface area contributed by atoms with Crippen LogP contribution in [-0.4, -0.2) is 58.1 Å². The zero-order chi connectivity index (χ0) is 21.8. The smallest absolute Gasteiger partial charge is 0.251 e. The Morgan fingerprint density at radius 1 is 1.13 bits per heavy atom. The highest BCUT2D eigenvalue weighted by molar-refractivity contribution is 5.94. The number of ether oxygens (including phenoxy) is 1. The van der Waals surface area contributed by atoms with Crippen molar-refractivity contribution in [1.82, 2.24) is 25.4 Å². The van der Waals surface area contributed by atoms with Crippen molar-refractivity contribution in [2.75, 3.05) is 20.2 Å². The van der Waals surface area contributed by atoms with Crippen LogP contribution in [0.25, 0.3) is 0 Å². The quantitative estimate of drug-likeness (QED) is 0.637. The minimum atomic E-state index is -0.275. The number of hydrogen-bond donors (Lipinski definition) is 2. The second-order valence-corrected chi connectivity index (χ2v) is 7.66. The zero-order valence-electron chi connectivity index (χ0n) is 17.5. The molecule has 0 aliphatic carbocycles. The summed E-state index contributed by atoms with van der Waals surface area (Å²) in [6.07, 6.45) is 0.281. The van der Waals surface area contributed by atoms with Crippen LogP contribution in [0.5, 0.6) is 5.75 Å². The lowest BCUT2D eigenvalue weighted by Gasteiger charge is -2.18. The minimum absolute atomic E-state index is 0.00103. The van der Waals surface area contributed by atoms with E-state index in [1.54, 1.807) is 24.1 Å². The number of aromatic nitrogens is 3. The van der Waals surface area contributed by atoms with Crippen molar-refractivity contribution < 1.29 is 14.3 Å². The molecule has 3 aromatic rings. The first-order valence-corrected chi connectivity index (χ1v) is 10.2. The first-order valence-electron chi connectivity index (χ1n) is 10.2. The summed E-state index contributed by atoms with van der Waals surface area (Å²) < 4.78 is 5.17. The van der Waals surface area contributed by atoms with Crippen LogP contribution >= 0.6 is 0 Å². The van der Waals surface area contributed by atoms with E-state index in [1.807, 2.05) is 49.4 Å². The Morgan fingerprint density at radius 3 is 2.52 bits per heavy atom. The molecule has 1 fully saturated rings. The second kappa shape index (κ2) is 8.99. The van der Waals surface area contributed by atoms with Gasteiger partial charge in [-0.3, -0.25) is 14.7 Å². The van der Waals surface area contributed by atoms with Crippen LogP contribution in [0.4, 0.5) is 0 Å². The van der Waals surface area contributed by atoms with E-state index in [0.717, 1.165) is 11.3 Å². The molecule has 1 aliphatic rings. The van der Waals surface area contributed by atoms with Crippen LogP contribution in [0.2, 0.25) is 0 Å². The average molecular weight is 419 g/mol. The Balaban J connectivity index is 1.49. The third-order valence-corrected chi connectivity index (χ3v) is 5.49. The topological polar surface area (TPSA) is 100 Å². The third-order valence-electron chi connectivity index (χ3n) is 5.49. The Morgan fingerprint density at radius 2 is 1.87 bits per heavy atom. The Bertz CT molecular complexity index is 1050. The SMILES string of the molecule is COc1ccc(CC(=O)N2CC(NC(=O)c3ccccc3)C(c3n[nH]c(C)n3)C2)cc1. The predicted molar refractivity (Wildman–Crippen MR) is 115 cm³/mol. The summed E-state index contributed by atoms with van der Waals surface area (Å²) in [6.45, 7) is 2.69. The van der Waals surface area contributed by atoms with Crippen molar-refractivity contribution in [1.29, 1.82) is 0 Å². The number of nitrogens with zero attached hydrogens (tertiary/aromatic N) is 3. The normalized spacial score (nSPS) is 18.1. The van der Waals surface area contributed by atoms with Gasteiger partial charge in [-0.25, -0.2) is 4.98 Å². The number of carbonyl (C=O) groups is 2. The molecule has 0 saturated carbocycles. The van der Waals surface area contributed by atoms with Gasteiger partial charge in [0.2, 0.25) is 5.91 Å². The molecule has 0 radical (unpaired) electrons. The van der Waals surface area contributed by atoms with E-state index in [1.165, 1.54) is 0 Å². The zero-order valence-corrected chi connectivity index (χ0v) is 17.5.